The number of piperidine rings is 1. The molecule has 0 radical (unpaired) electrons. The zero-order valence-corrected chi connectivity index (χ0v) is 23.6. The highest BCUT2D eigenvalue weighted by molar-refractivity contribution is 6.05. The lowest BCUT2D eigenvalue weighted by molar-refractivity contribution is -0.208. The number of fused-ring (bicyclic) bond motifs is 1. The maximum atomic E-state index is 14.3. The van der Waals surface area contributed by atoms with E-state index in [0.29, 0.717) is 19.4 Å². The van der Waals surface area contributed by atoms with Gasteiger partial charge in [-0.15, -0.1) is 5.06 Å². The topological polar surface area (TPSA) is 105 Å². The summed E-state index contributed by atoms with van der Waals surface area (Å²) in [5.41, 5.74) is 1.87. The molecule has 2 aliphatic heterocycles. The fourth-order valence-electron chi connectivity index (χ4n) is 4.82. The third-order valence-corrected chi connectivity index (χ3v) is 6.77. The summed E-state index contributed by atoms with van der Waals surface area (Å²) in [6.45, 7) is 12.3. The molecule has 2 heterocycles. The number of alkyl halides is 3. The van der Waals surface area contributed by atoms with Gasteiger partial charge in [-0.1, -0.05) is 0 Å². The molecule has 0 bridgehead atoms. The van der Waals surface area contributed by atoms with Crippen molar-refractivity contribution in [3.8, 4) is 5.75 Å². The number of hydrogen-bond donors (Lipinski definition) is 1. The lowest BCUT2D eigenvalue weighted by Gasteiger charge is -2.42. The maximum absolute atomic E-state index is 14.3. The number of carbonyl (C=O) groups is 3. The minimum atomic E-state index is -4.86. The van der Waals surface area contributed by atoms with Crippen LogP contribution in [0.1, 0.15) is 77.2 Å². The quantitative estimate of drug-likeness (QED) is 0.565. The van der Waals surface area contributed by atoms with Crippen LogP contribution in [0.15, 0.2) is 12.1 Å². The molecular formula is C27H39F3N4O5. The monoisotopic (exact) mass is 556 g/mol. The van der Waals surface area contributed by atoms with Gasteiger partial charge in [0, 0.05) is 31.7 Å². The minimum Gasteiger partial charge on any atom is -0.476 e. The van der Waals surface area contributed by atoms with Gasteiger partial charge in [0.25, 0.3) is 11.8 Å². The molecule has 0 saturated carbocycles. The zero-order valence-electron chi connectivity index (χ0n) is 23.6. The normalized spacial score (nSPS) is 19.9. The van der Waals surface area contributed by atoms with Crippen molar-refractivity contribution >= 4 is 23.5 Å². The molecule has 12 heteroatoms. The molecule has 0 aromatic heterocycles. The Morgan fingerprint density at radius 1 is 1.23 bits per heavy atom. The van der Waals surface area contributed by atoms with Crippen LogP contribution >= 0.6 is 0 Å². The number of rotatable bonds is 6. The number of ether oxygens (including phenoxy) is 1. The molecule has 1 fully saturated rings. The van der Waals surface area contributed by atoms with Crippen LogP contribution in [-0.2, 0) is 20.6 Å². The van der Waals surface area contributed by atoms with Crippen LogP contribution in [0.25, 0.3) is 0 Å². The smallest absolute Gasteiger partial charge is 0.417 e. The van der Waals surface area contributed by atoms with Gasteiger partial charge in [-0.05, 0) is 73.4 Å². The van der Waals surface area contributed by atoms with Gasteiger partial charge in [-0.2, -0.15) is 13.2 Å². The fourth-order valence-corrected chi connectivity index (χ4v) is 4.82. The second-order valence-corrected chi connectivity index (χ2v) is 11.8. The van der Waals surface area contributed by atoms with Crippen molar-refractivity contribution in [2.24, 2.45) is 11.1 Å². The van der Waals surface area contributed by atoms with Crippen LogP contribution in [0.4, 0.5) is 18.9 Å². The van der Waals surface area contributed by atoms with E-state index >= 15 is 0 Å². The maximum Gasteiger partial charge on any atom is 0.417 e. The summed E-state index contributed by atoms with van der Waals surface area (Å²) < 4.78 is 48.6. The second kappa shape index (κ2) is 11.0. The lowest BCUT2D eigenvalue weighted by atomic mass is 9.96. The molecule has 1 saturated heterocycles. The third-order valence-electron chi connectivity index (χ3n) is 6.77. The van der Waals surface area contributed by atoms with Gasteiger partial charge in [0.2, 0.25) is 0 Å². The van der Waals surface area contributed by atoms with Crippen molar-refractivity contribution in [2.45, 2.75) is 85.2 Å². The van der Waals surface area contributed by atoms with E-state index in [1.54, 1.807) is 34.6 Å². The van der Waals surface area contributed by atoms with Crippen molar-refractivity contribution in [1.29, 1.82) is 0 Å². The zero-order chi connectivity index (χ0) is 29.5. The summed E-state index contributed by atoms with van der Waals surface area (Å²) in [5, 5.41) is 1.47. The average Bonchev–Trinajstić information content (AvgIpc) is 2.80. The molecule has 0 aliphatic carbocycles. The van der Waals surface area contributed by atoms with Gasteiger partial charge >= 0.3 is 12.1 Å². The van der Waals surface area contributed by atoms with Crippen LogP contribution in [0.3, 0.4) is 0 Å². The van der Waals surface area contributed by atoms with E-state index in [1.165, 1.54) is 28.7 Å². The van der Waals surface area contributed by atoms with Gasteiger partial charge in [0.05, 0.1) is 28.8 Å². The van der Waals surface area contributed by atoms with Gasteiger partial charge in [0.1, 0.15) is 5.75 Å². The molecule has 218 valence electrons. The van der Waals surface area contributed by atoms with E-state index in [2.05, 4.69) is 0 Å². The predicted octanol–water partition coefficient (Wildman–Crippen LogP) is 3.99. The van der Waals surface area contributed by atoms with Crippen molar-refractivity contribution in [2.75, 3.05) is 31.1 Å². The van der Waals surface area contributed by atoms with E-state index < -0.39 is 58.2 Å². The number of hydroxylamine groups is 2. The Bertz CT molecular complexity index is 1110. The first-order valence-electron chi connectivity index (χ1n) is 13.1. The van der Waals surface area contributed by atoms with E-state index in [1.807, 2.05) is 0 Å². The van der Waals surface area contributed by atoms with Crippen molar-refractivity contribution < 1.29 is 37.1 Å². The van der Waals surface area contributed by atoms with Crippen LogP contribution in [0.5, 0.6) is 5.75 Å². The van der Waals surface area contributed by atoms with Crippen molar-refractivity contribution in [3.63, 3.8) is 0 Å². The van der Waals surface area contributed by atoms with E-state index in [0.717, 1.165) is 12.1 Å². The highest BCUT2D eigenvalue weighted by Crippen LogP contribution is 2.44. The van der Waals surface area contributed by atoms with E-state index in [4.69, 9.17) is 15.3 Å². The van der Waals surface area contributed by atoms with Crippen LogP contribution in [0.2, 0.25) is 0 Å². The van der Waals surface area contributed by atoms with Gasteiger partial charge in [-0.3, -0.25) is 9.59 Å². The molecule has 1 unspecified atom stereocenters. The Morgan fingerprint density at radius 3 is 2.41 bits per heavy atom. The molecule has 39 heavy (non-hydrogen) atoms. The van der Waals surface area contributed by atoms with Crippen molar-refractivity contribution in [1.82, 2.24) is 9.96 Å². The number of anilines is 1. The average molecular weight is 557 g/mol. The molecule has 2 N–H and O–H groups in total. The lowest BCUT2D eigenvalue weighted by Crippen LogP contribution is -2.54. The molecular weight excluding hydrogens is 517 g/mol. The number of nitrogens with zero attached hydrogens (tertiary/aromatic N) is 3. The first-order chi connectivity index (χ1) is 17.9. The molecule has 3 rings (SSSR count). The Hall–Kier alpha value is -2.86. The molecule has 9 nitrogen and oxygen atoms in total. The minimum absolute atomic E-state index is 0.0439. The summed E-state index contributed by atoms with van der Waals surface area (Å²) in [5.74, 6) is -1.89. The molecule has 1 aromatic rings. The highest BCUT2D eigenvalue weighted by Gasteiger charge is 2.45. The number of benzene rings is 1. The number of amides is 2. The first kappa shape index (κ1) is 30.7. The summed E-state index contributed by atoms with van der Waals surface area (Å²) >= 11 is 0. The summed E-state index contributed by atoms with van der Waals surface area (Å²) in [4.78, 5) is 47.6. The summed E-state index contributed by atoms with van der Waals surface area (Å²) in [6, 6.07) is 0.901. The van der Waals surface area contributed by atoms with Crippen molar-refractivity contribution in [3.05, 3.63) is 23.3 Å². The van der Waals surface area contributed by atoms with Crippen LogP contribution in [0, 0.1) is 5.41 Å². The fraction of sp³-hybridized carbons (Fsp3) is 0.667. The SMILES string of the molecule is CC(C)N(C(=O)c1cc2c(cc1C(F)(F)F)OC(C)(C)C(=O)N2CCN)C1CCCN(OC(=O)C(C)(C)C)C1. The number of carbonyl (C=O) groups excluding carboxylic acids is 3. The molecule has 1 aromatic carbocycles. The molecule has 2 amide bonds. The number of halogens is 3. The third kappa shape index (κ3) is 6.49. The van der Waals surface area contributed by atoms with E-state index in [9.17, 15) is 27.6 Å². The molecule has 1 atom stereocenters. The Balaban J connectivity index is 2.05. The second-order valence-electron chi connectivity index (χ2n) is 11.8. The molecule has 2 aliphatic rings. The Morgan fingerprint density at radius 2 is 1.87 bits per heavy atom. The van der Waals surface area contributed by atoms with Crippen LogP contribution < -0.4 is 15.4 Å². The summed E-state index contributed by atoms with van der Waals surface area (Å²) in [7, 11) is 0. The summed E-state index contributed by atoms with van der Waals surface area (Å²) in [6.07, 6.45) is -3.76. The standard InChI is InChI=1S/C27H39F3N4O5/c1-16(2)34(17-9-8-11-32(15-17)39-24(37)25(3,4)5)22(35)18-13-20-21(14-19(18)27(28,29)30)38-26(6,7)23(36)33(20)12-10-31/h13-14,16-17H,8-12,15,31H2,1-7H3. The highest BCUT2D eigenvalue weighted by atomic mass is 19.4. The molecule has 0 spiro atoms. The number of nitrogens with two attached hydrogens (primary N) is 1. The van der Waals surface area contributed by atoms with E-state index in [-0.39, 0.29) is 31.1 Å². The first-order valence-corrected chi connectivity index (χ1v) is 13.1. The Labute approximate surface area is 227 Å². The largest absolute Gasteiger partial charge is 0.476 e. The van der Waals surface area contributed by atoms with Gasteiger partial charge in [-0.25, -0.2) is 4.79 Å². The number of hydrogen-bond acceptors (Lipinski definition) is 7. The Kier molecular flexibility index (Phi) is 8.62. The van der Waals surface area contributed by atoms with Crippen LogP contribution in [-0.4, -0.2) is 71.6 Å². The predicted molar refractivity (Wildman–Crippen MR) is 139 cm³/mol. The van der Waals surface area contributed by atoms with Gasteiger partial charge < -0.3 is 25.1 Å². The van der Waals surface area contributed by atoms with Gasteiger partial charge in [0.15, 0.2) is 5.60 Å².